The summed E-state index contributed by atoms with van der Waals surface area (Å²) in [6, 6.07) is 15.0. The molecule has 0 saturated carbocycles. The van der Waals surface area contributed by atoms with Crippen LogP contribution in [0.2, 0.25) is 0 Å². The van der Waals surface area contributed by atoms with Crippen LogP contribution in [0.3, 0.4) is 0 Å². The first-order valence-corrected chi connectivity index (χ1v) is 5.56. The van der Waals surface area contributed by atoms with Crippen LogP contribution in [0.1, 0.15) is 11.1 Å². The van der Waals surface area contributed by atoms with E-state index in [4.69, 9.17) is 14.7 Å². The van der Waals surface area contributed by atoms with Gasteiger partial charge in [0.05, 0.1) is 7.11 Å². The van der Waals surface area contributed by atoms with Crippen LogP contribution in [0.25, 0.3) is 0 Å². The van der Waals surface area contributed by atoms with Crippen molar-refractivity contribution in [3.05, 3.63) is 53.6 Å². The Balaban J connectivity index is 2.35. The molecule has 3 heteroatoms. The van der Waals surface area contributed by atoms with Crippen molar-refractivity contribution in [2.24, 2.45) is 0 Å². The molecule has 0 heterocycles. The number of benzene rings is 2. The summed E-state index contributed by atoms with van der Waals surface area (Å²) >= 11 is 0. The molecule has 0 aromatic heterocycles. The van der Waals surface area contributed by atoms with E-state index in [1.807, 2.05) is 31.2 Å². The first kappa shape index (κ1) is 12.0. The molecular formula is C15H13NO2. The lowest BCUT2D eigenvalue weighted by Crippen LogP contribution is -1.92. The van der Waals surface area contributed by atoms with Gasteiger partial charge in [0.1, 0.15) is 28.9 Å². The molecule has 2 rings (SSSR count). The van der Waals surface area contributed by atoms with Crippen LogP contribution >= 0.6 is 0 Å². The quantitative estimate of drug-likeness (QED) is 0.820. The molecule has 0 saturated heterocycles. The predicted octanol–water partition coefficient (Wildman–Crippen LogP) is 3.67. The fraction of sp³-hybridized carbons (Fsp3) is 0.133. The first-order valence-electron chi connectivity index (χ1n) is 5.56. The highest BCUT2D eigenvalue weighted by molar-refractivity contribution is 5.54. The maximum absolute atomic E-state index is 9.14. The van der Waals surface area contributed by atoms with Crippen LogP contribution < -0.4 is 9.47 Å². The fourth-order valence-corrected chi connectivity index (χ4v) is 1.61. The molecule has 2 aromatic rings. The highest BCUT2D eigenvalue weighted by atomic mass is 16.5. The summed E-state index contributed by atoms with van der Waals surface area (Å²) in [5.74, 6) is 1.72. The minimum atomic E-state index is 0.403. The second kappa shape index (κ2) is 5.24. The Bertz CT molecular complexity index is 582. The lowest BCUT2D eigenvalue weighted by Gasteiger charge is -2.10. The Morgan fingerprint density at radius 1 is 1.00 bits per heavy atom. The topological polar surface area (TPSA) is 42.2 Å². The van der Waals surface area contributed by atoms with E-state index in [1.165, 1.54) is 7.11 Å². The van der Waals surface area contributed by atoms with E-state index in [-0.39, 0.29) is 0 Å². The molecule has 0 aliphatic rings. The number of hydrogen-bond donors (Lipinski definition) is 0. The smallest absolute Gasteiger partial charge is 0.148 e. The van der Waals surface area contributed by atoms with Crippen LogP contribution in [0.4, 0.5) is 0 Å². The third-order valence-corrected chi connectivity index (χ3v) is 2.57. The molecule has 0 spiro atoms. The summed E-state index contributed by atoms with van der Waals surface area (Å²) in [5, 5.41) is 9.14. The number of hydrogen-bond acceptors (Lipinski definition) is 3. The summed E-state index contributed by atoms with van der Waals surface area (Å²) in [5.41, 5.74) is 1.56. The van der Waals surface area contributed by atoms with Crippen molar-refractivity contribution in [3.63, 3.8) is 0 Å². The molecular weight excluding hydrogens is 226 g/mol. The Morgan fingerprint density at radius 2 is 1.67 bits per heavy atom. The fourth-order valence-electron chi connectivity index (χ4n) is 1.61. The molecule has 2 aromatic carbocycles. The average Bonchev–Trinajstić information content (AvgIpc) is 2.41. The third-order valence-electron chi connectivity index (χ3n) is 2.57. The van der Waals surface area contributed by atoms with Crippen LogP contribution in [-0.2, 0) is 0 Å². The summed E-state index contributed by atoms with van der Waals surface area (Å²) in [6.45, 7) is 2.01. The van der Waals surface area contributed by atoms with Gasteiger partial charge in [-0.2, -0.15) is 5.26 Å². The predicted molar refractivity (Wildman–Crippen MR) is 69.0 cm³/mol. The Labute approximate surface area is 106 Å². The maximum Gasteiger partial charge on any atom is 0.148 e. The van der Waals surface area contributed by atoms with Crippen LogP contribution in [0, 0.1) is 18.3 Å². The van der Waals surface area contributed by atoms with Gasteiger partial charge in [-0.05, 0) is 31.2 Å². The zero-order valence-electron chi connectivity index (χ0n) is 10.3. The molecule has 90 valence electrons. The van der Waals surface area contributed by atoms with Gasteiger partial charge in [0.15, 0.2) is 0 Å². The van der Waals surface area contributed by atoms with Gasteiger partial charge in [-0.15, -0.1) is 0 Å². The first-order chi connectivity index (χ1) is 8.74. The molecule has 0 fully saturated rings. The summed E-state index contributed by atoms with van der Waals surface area (Å²) in [7, 11) is 1.53. The number of rotatable bonds is 3. The number of ether oxygens (including phenoxy) is 2. The maximum atomic E-state index is 9.14. The SMILES string of the molecule is COc1cccc(Oc2ccc(C)cc2)c1C#N. The summed E-state index contributed by atoms with van der Waals surface area (Å²) in [6.07, 6.45) is 0. The largest absolute Gasteiger partial charge is 0.495 e. The van der Waals surface area contributed by atoms with E-state index in [0.717, 1.165) is 5.56 Å². The van der Waals surface area contributed by atoms with E-state index in [0.29, 0.717) is 22.8 Å². The zero-order chi connectivity index (χ0) is 13.0. The monoisotopic (exact) mass is 239 g/mol. The lowest BCUT2D eigenvalue weighted by molar-refractivity contribution is 0.407. The average molecular weight is 239 g/mol. The molecule has 18 heavy (non-hydrogen) atoms. The second-order valence-electron chi connectivity index (χ2n) is 3.86. The second-order valence-corrected chi connectivity index (χ2v) is 3.86. The van der Waals surface area contributed by atoms with E-state index in [1.54, 1.807) is 18.2 Å². The van der Waals surface area contributed by atoms with Gasteiger partial charge in [-0.3, -0.25) is 0 Å². The number of nitrogens with zero attached hydrogens (tertiary/aromatic N) is 1. The normalized spacial score (nSPS) is 9.61. The van der Waals surface area contributed by atoms with Crippen molar-refractivity contribution < 1.29 is 9.47 Å². The highest BCUT2D eigenvalue weighted by Crippen LogP contribution is 2.31. The van der Waals surface area contributed by atoms with Gasteiger partial charge >= 0.3 is 0 Å². The van der Waals surface area contributed by atoms with Crippen LogP contribution in [0.15, 0.2) is 42.5 Å². The molecule has 0 N–H and O–H groups in total. The Kier molecular flexibility index (Phi) is 3.49. The number of nitriles is 1. The van der Waals surface area contributed by atoms with Gasteiger partial charge in [-0.1, -0.05) is 23.8 Å². The molecule has 0 unspecified atom stereocenters. The van der Waals surface area contributed by atoms with Gasteiger partial charge in [0.2, 0.25) is 0 Å². The van der Waals surface area contributed by atoms with Crippen molar-refractivity contribution in [3.8, 4) is 23.3 Å². The summed E-state index contributed by atoms with van der Waals surface area (Å²) < 4.78 is 10.8. The van der Waals surface area contributed by atoms with Gasteiger partial charge in [0.25, 0.3) is 0 Å². The van der Waals surface area contributed by atoms with E-state index in [9.17, 15) is 0 Å². The Morgan fingerprint density at radius 3 is 2.28 bits per heavy atom. The van der Waals surface area contributed by atoms with Gasteiger partial charge in [-0.25, -0.2) is 0 Å². The molecule has 3 nitrogen and oxygen atoms in total. The number of aryl methyl sites for hydroxylation is 1. The van der Waals surface area contributed by atoms with E-state index < -0.39 is 0 Å². The van der Waals surface area contributed by atoms with Crippen LogP contribution in [-0.4, -0.2) is 7.11 Å². The van der Waals surface area contributed by atoms with Crippen LogP contribution in [0.5, 0.6) is 17.2 Å². The molecule has 0 aliphatic carbocycles. The van der Waals surface area contributed by atoms with Crippen molar-refractivity contribution >= 4 is 0 Å². The lowest BCUT2D eigenvalue weighted by atomic mass is 10.2. The standard InChI is InChI=1S/C15H13NO2/c1-11-6-8-12(9-7-11)18-15-5-3-4-14(17-2)13(15)10-16/h3-9H,1-2H3. The highest BCUT2D eigenvalue weighted by Gasteiger charge is 2.10. The molecule has 0 amide bonds. The van der Waals surface area contributed by atoms with Gasteiger partial charge in [0, 0.05) is 0 Å². The van der Waals surface area contributed by atoms with Crippen molar-refractivity contribution in [1.29, 1.82) is 5.26 Å². The van der Waals surface area contributed by atoms with E-state index in [2.05, 4.69) is 6.07 Å². The van der Waals surface area contributed by atoms with Crippen molar-refractivity contribution in [2.45, 2.75) is 6.92 Å². The Hall–Kier alpha value is -2.47. The molecule has 0 atom stereocenters. The molecule has 0 bridgehead atoms. The van der Waals surface area contributed by atoms with E-state index >= 15 is 0 Å². The third kappa shape index (κ3) is 2.44. The van der Waals surface area contributed by atoms with Crippen molar-refractivity contribution in [2.75, 3.05) is 7.11 Å². The van der Waals surface area contributed by atoms with Crippen molar-refractivity contribution in [1.82, 2.24) is 0 Å². The zero-order valence-corrected chi connectivity index (χ0v) is 10.3. The minimum absolute atomic E-state index is 0.403. The number of methoxy groups -OCH3 is 1. The molecule has 0 aliphatic heterocycles. The summed E-state index contributed by atoms with van der Waals surface area (Å²) in [4.78, 5) is 0. The van der Waals surface area contributed by atoms with Gasteiger partial charge < -0.3 is 9.47 Å². The minimum Gasteiger partial charge on any atom is -0.495 e. The molecule has 0 radical (unpaired) electrons.